The topological polar surface area (TPSA) is 21.3 Å². The summed E-state index contributed by atoms with van der Waals surface area (Å²) in [6.45, 7) is 9.07. The maximum Gasteiger partial charge on any atom is 0.0661 e. The van der Waals surface area contributed by atoms with Gasteiger partial charge < -0.3 is 10.1 Å². The third-order valence-corrected chi connectivity index (χ3v) is 6.75. The van der Waals surface area contributed by atoms with E-state index in [0.717, 1.165) is 18.6 Å². The molecule has 3 aliphatic rings. The van der Waals surface area contributed by atoms with Crippen LogP contribution in [0.25, 0.3) is 0 Å². The highest BCUT2D eigenvalue weighted by molar-refractivity contribution is 5.10. The van der Waals surface area contributed by atoms with E-state index >= 15 is 0 Å². The Morgan fingerprint density at radius 2 is 1.80 bits per heavy atom. The Morgan fingerprint density at radius 3 is 2.35 bits per heavy atom. The first-order valence-electron chi connectivity index (χ1n) is 8.98. The molecule has 0 saturated heterocycles. The lowest BCUT2D eigenvalue weighted by molar-refractivity contribution is -0.150. The molecule has 0 aromatic heterocycles. The van der Waals surface area contributed by atoms with Gasteiger partial charge in [-0.1, -0.05) is 33.1 Å². The minimum absolute atomic E-state index is 0.487. The lowest BCUT2D eigenvalue weighted by Gasteiger charge is -2.58. The second-order valence-electron chi connectivity index (χ2n) is 7.92. The summed E-state index contributed by atoms with van der Waals surface area (Å²) in [5.41, 5.74) is 1.12. The van der Waals surface area contributed by atoms with E-state index in [1.54, 1.807) is 0 Å². The minimum Gasteiger partial charge on any atom is -0.378 e. The van der Waals surface area contributed by atoms with Crippen molar-refractivity contribution in [2.24, 2.45) is 16.7 Å². The third kappa shape index (κ3) is 2.43. The van der Waals surface area contributed by atoms with Gasteiger partial charge in [0, 0.05) is 24.6 Å². The molecule has 1 N–H and O–H groups in total. The molecule has 116 valence electrons. The summed E-state index contributed by atoms with van der Waals surface area (Å²) in [6.07, 6.45) is 11.7. The highest BCUT2D eigenvalue weighted by atomic mass is 16.5. The van der Waals surface area contributed by atoms with Crippen LogP contribution in [0.1, 0.15) is 72.1 Å². The highest BCUT2D eigenvalue weighted by Crippen LogP contribution is 2.55. The van der Waals surface area contributed by atoms with Crippen molar-refractivity contribution in [3.05, 3.63) is 0 Å². The molecule has 0 aliphatic heterocycles. The van der Waals surface area contributed by atoms with E-state index in [9.17, 15) is 0 Å². The van der Waals surface area contributed by atoms with Gasteiger partial charge in [-0.25, -0.2) is 0 Å². The van der Waals surface area contributed by atoms with Crippen molar-refractivity contribution in [1.82, 2.24) is 5.32 Å². The predicted octanol–water partition coefficient (Wildman–Crippen LogP) is 4.14. The zero-order valence-electron chi connectivity index (χ0n) is 13.7. The second kappa shape index (κ2) is 5.61. The van der Waals surface area contributed by atoms with Crippen molar-refractivity contribution in [3.8, 4) is 0 Å². The van der Waals surface area contributed by atoms with Crippen LogP contribution in [0.15, 0.2) is 0 Å². The number of hydrogen-bond acceptors (Lipinski definition) is 2. The van der Waals surface area contributed by atoms with E-state index in [4.69, 9.17) is 4.74 Å². The Bertz CT molecular complexity index is 328. The van der Waals surface area contributed by atoms with Gasteiger partial charge in [0.15, 0.2) is 0 Å². The molecule has 1 spiro atoms. The van der Waals surface area contributed by atoms with Crippen LogP contribution in [0.3, 0.4) is 0 Å². The van der Waals surface area contributed by atoms with Crippen LogP contribution in [-0.2, 0) is 4.74 Å². The molecule has 0 aromatic carbocycles. The van der Waals surface area contributed by atoms with E-state index in [-0.39, 0.29) is 0 Å². The van der Waals surface area contributed by atoms with Crippen molar-refractivity contribution >= 4 is 0 Å². The van der Waals surface area contributed by atoms with E-state index < -0.39 is 0 Å². The molecule has 3 saturated carbocycles. The summed E-state index contributed by atoms with van der Waals surface area (Å²) in [7, 11) is 0. The van der Waals surface area contributed by atoms with Gasteiger partial charge in [-0.15, -0.1) is 0 Å². The molecule has 0 amide bonds. The van der Waals surface area contributed by atoms with Crippen molar-refractivity contribution < 1.29 is 4.74 Å². The molecule has 3 rings (SSSR count). The number of ether oxygens (including phenoxy) is 1. The van der Waals surface area contributed by atoms with E-state index in [1.165, 1.54) is 57.9 Å². The summed E-state index contributed by atoms with van der Waals surface area (Å²) in [5, 5.41) is 3.97. The van der Waals surface area contributed by atoms with Crippen molar-refractivity contribution in [2.45, 2.75) is 84.3 Å². The number of rotatable bonds is 6. The van der Waals surface area contributed by atoms with Crippen molar-refractivity contribution in [3.63, 3.8) is 0 Å². The molecule has 0 radical (unpaired) electrons. The van der Waals surface area contributed by atoms with Gasteiger partial charge in [-0.2, -0.15) is 0 Å². The van der Waals surface area contributed by atoms with Gasteiger partial charge in [-0.3, -0.25) is 0 Å². The molecule has 0 aromatic rings. The van der Waals surface area contributed by atoms with Crippen LogP contribution in [0.2, 0.25) is 0 Å². The predicted molar refractivity (Wildman–Crippen MR) is 83.8 cm³/mol. The first-order valence-corrected chi connectivity index (χ1v) is 8.98. The maximum atomic E-state index is 6.06. The fourth-order valence-corrected chi connectivity index (χ4v) is 4.79. The average molecular weight is 279 g/mol. The first-order chi connectivity index (χ1) is 9.63. The van der Waals surface area contributed by atoms with Crippen LogP contribution in [0.4, 0.5) is 0 Å². The van der Waals surface area contributed by atoms with Gasteiger partial charge in [-0.05, 0) is 50.4 Å². The fourth-order valence-electron chi connectivity index (χ4n) is 4.79. The molecule has 20 heavy (non-hydrogen) atoms. The van der Waals surface area contributed by atoms with Gasteiger partial charge in [0.1, 0.15) is 0 Å². The fraction of sp³-hybridized carbons (Fsp3) is 1.00. The quantitative estimate of drug-likeness (QED) is 0.789. The zero-order chi connectivity index (χ0) is 14.2. The van der Waals surface area contributed by atoms with E-state index in [1.807, 2.05) is 0 Å². The van der Waals surface area contributed by atoms with Crippen molar-refractivity contribution in [1.29, 1.82) is 0 Å². The summed E-state index contributed by atoms with van der Waals surface area (Å²) in [4.78, 5) is 0. The largest absolute Gasteiger partial charge is 0.378 e. The molecule has 2 heteroatoms. The van der Waals surface area contributed by atoms with Gasteiger partial charge in [0.2, 0.25) is 0 Å². The molecule has 2 nitrogen and oxygen atoms in total. The first kappa shape index (κ1) is 14.8. The summed E-state index contributed by atoms with van der Waals surface area (Å²) < 4.78 is 6.06. The van der Waals surface area contributed by atoms with Crippen LogP contribution in [0.5, 0.6) is 0 Å². The molecule has 2 atom stereocenters. The molecular weight excluding hydrogens is 246 g/mol. The van der Waals surface area contributed by atoms with Crippen LogP contribution >= 0.6 is 0 Å². The Hall–Kier alpha value is -0.0800. The summed E-state index contributed by atoms with van der Waals surface area (Å²) in [5.74, 6) is 0.833. The Kier molecular flexibility index (Phi) is 4.16. The molecule has 2 unspecified atom stereocenters. The van der Waals surface area contributed by atoms with Crippen molar-refractivity contribution in [2.75, 3.05) is 13.2 Å². The standard InChI is InChI=1S/C18H33NO/c1-4-20-16-12-15(18(16)8-6-5-7-9-18)19-13-17(10-11-17)14(2)3/h14-16,19H,4-13H2,1-3H3. The lowest BCUT2D eigenvalue weighted by Crippen LogP contribution is -2.65. The van der Waals surface area contributed by atoms with Gasteiger partial charge in [0.25, 0.3) is 0 Å². The van der Waals surface area contributed by atoms with E-state index in [2.05, 4.69) is 26.1 Å². The smallest absolute Gasteiger partial charge is 0.0661 e. The Balaban J connectivity index is 1.59. The zero-order valence-corrected chi connectivity index (χ0v) is 13.7. The minimum atomic E-state index is 0.487. The monoisotopic (exact) mass is 279 g/mol. The maximum absolute atomic E-state index is 6.06. The van der Waals surface area contributed by atoms with E-state index in [0.29, 0.717) is 16.9 Å². The lowest BCUT2D eigenvalue weighted by atomic mass is 9.55. The Labute approximate surface area is 125 Å². The summed E-state index contributed by atoms with van der Waals surface area (Å²) in [6, 6.07) is 0.732. The van der Waals surface area contributed by atoms with Gasteiger partial charge >= 0.3 is 0 Å². The normalized spacial score (nSPS) is 34.2. The Morgan fingerprint density at radius 1 is 1.10 bits per heavy atom. The number of hydrogen-bond donors (Lipinski definition) is 1. The summed E-state index contributed by atoms with van der Waals surface area (Å²) >= 11 is 0. The molecular formula is C18H33NO. The average Bonchev–Trinajstić information content (AvgIpc) is 3.24. The van der Waals surface area contributed by atoms with Crippen LogP contribution in [-0.4, -0.2) is 25.3 Å². The SMILES string of the molecule is CCOC1CC(NCC2(C(C)C)CC2)C12CCCCC2. The molecule has 3 aliphatic carbocycles. The van der Waals surface area contributed by atoms with Gasteiger partial charge in [0.05, 0.1) is 6.10 Å². The molecule has 0 heterocycles. The third-order valence-electron chi connectivity index (χ3n) is 6.75. The van der Waals surface area contributed by atoms with Crippen LogP contribution < -0.4 is 5.32 Å². The van der Waals surface area contributed by atoms with Crippen LogP contribution in [0, 0.1) is 16.7 Å². The molecule has 3 fully saturated rings. The number of nitrogens with one attached hydrogen (secondary N) is 1. The molecule has 0 bridgehead atoms. The highest BCUT2D eigenvalue weighted by Gasteiger charge is 2.56. The second-order valence-corrected chi connectivity index (χ2v) is 7.92.